The van der Waals surface area contributed by atoms with Crippen LogP contribution in [-0.2, 0) is 0 Å². The highest BCUT2D eigenvalue weighted by Gasteiger charge is 2.16. The zero-order valence-electron chi connectivity index (χ0n) is 16.9. The number of para-hydroxylation sites is 1. The number of ether oxygens (including phenoxy) is 2. The summed E-state index contributed by atoms with van der Waals surface area (Å²) in [5.41, 5.74) is 2.53. The Morgan fingerprint density at radius 2 is 1.61 bits per heavy atom. The molecule has 4 rings (SSSR count). The fourth-order valence-corrected chi connectivity index (χ4v) is 4.07. The van der Waals surface area contributed by atoms with Crippen molar-refractivity contribution in [1.82, 2.24) is 15.0 Å². The van der Waals surface area contributed by atoms with Crippen LogP contribution in [0.1, 0.15) is 10.4 Å². The second-order valence-electron chi connectivity index (χ2n) is 6.49. The zero-order chi connectivity index (χ0) is 21.8. The number of hydrogen-bond acceptors (Lipinski definition) is 6. The van der Waals surface area contributed by atoms with E-state index in [-0.39, 0.29) is 5.56 Å². The summed E-state index contributed by atoms with van der Waals surface area (Å²) in [4.78, 5) is 13.0. The molecule has 31 heavy (non-hydrogen) atoms. The Kier molecular flexibility index (Phi) is 5.90. The lowest BCUT2D eigenvalue weighted by Gasteiger charge is -2.12. The molecule has 3 aromatic carbocycles. The van der Waals surface area contributed by atoms with E-state index < -0.39 is 5.97 Å². The standard InChI is InChI=1S/C23H19N3O4S/c1-29-19-7-5-8-20(30-2)22(19)26-14-18(24-25-26)17-6-3-4-9-21(17)31-16-12-10-15(11-13-16)23(27)28/h3-14H,1-2H3,(H,27,28). The zero-order valence-corrected chi connectivity index (χ0v) is 17.7. The second-order valence-corrected chi connectivity index (χ2v) is 7.60. The highest BCUT2D eigenvalue weighted by Crippen LogP contribution is 2.37. The van der Waals surface area contributed by atoms with Gasteiger partial charge in [0.1, 0.15) is 17.2 Å². The molecule has 4 aromatic rings. The van der Waals surface area contributed by atoms with Crippen molar-refractivity contribution in [2.75, 3.05) is 14.2 Å². The number of carboxylic acids is 1. The highest BCUT2D eigenvalue weighted by atomic mass is 32.2. The summed E-state index contributed by atoms with van der Waals surface area (Å²) >= 11 is 1.53. The molecule has 0 saturated heterocycles. The van der Waals surface area contributed by atoms with Crippen molar-refractivity contribution < 1.29 is 19.4 Å². The van der Waals surface area contributed by atoms with Crippen LogP contribution in [0.4, 0.5) is 0 Å². The van der Waals surface area contributed by atoms with Crippen molar-refractivity contribution in [3.8, 4) is 28.4 Å². The molecule has 1 aromatic heterocycles. The van der Waals surface area contributed by atoms with Crippen LogP contribution in [0.3, 0.4) is 0 Å². The molecule has 156 valence electrons. The van der Waals surface area contributed by atoms with Gasteiger partial charge in [0, 0.05) is 15.4 Å². The van der Waals surface area contributed by atoms with Crippen LogP contribution < -0.4 is 9.47 Å². The molecule has 7 nitrogen and oxygen atoms in total. The molecule has 1 heterocycles. The Labute approximate surface area is 183 Å². The Balaban J connectivity index is 1.69. The van der Waals surface area contributed by atoms with E-state index in [1.807, 2.05) is 48.7 Å². The van der Waals surface area contributed by atoms with E-state index in [1.165, 1.54) is 11.8 Å². The average Bonchev–Trinajstić information content (AvgIpc) is 3.28. The van der Waals surface area contributed by atoms with Crippen molar-refractivity contribution in [2.45, 2.75) is 9.79 Å². The molecule has 0 radical (unpaired) electrons. The van der Waals surface area contributed by atoms with Gasteiger partial charge in [-0.1, -0.05) is 41.2 Å². The molecular formula is C23H19N3O4S. The fraction of sp³-hybridized carbons (Fsp3) is 0.0870. The van der Waals surface area contributed by atoms with E-state index in [4.69, 9.17) is 14.6 Å². The topological polar surface area (TPSA) is 86.5 Å². The van der Waals surface area contributed by atoms with E-state index in [0.717, 1.165) is 15.4 Å². The third-order valence-electron chi connectivity index (χ3n) is 4.62. The summed E-state index contributed by atoms with van der Waals surface area (Å²) in [7, 11) is 3.19. The first-order valence-electron chi connectivity index (χ1n) is 9.35. The normalized spacial score (nSPS) is 10.6. The average molecular weight is 433 g/mol. The van der Waals surface area contributed by atoms with Gasteiger partial charge >= 0.3 is 5.97 Å². The molecular weight excluding hydrogens is 414 g/mol. The van der Waals surface area contributed by atoms with E-state index in [1.54, 1.807) is 43.2 Å². The lowest BCUT2D eigenvalue weighted by molar-refractivity contribution is 0.0697. The van der Waals surface area contributed by atoms with Gasteiger partial charge in [-0.2, -0.15) is 0 Å². The fourth-order valence-electron chi connectivity index (χ4n) is 3.11. The Morgan fingerprint density at radius 3 is 2.26 bits per heavy atom. The summed E-state index contributed by atoms with van der Waals surface area (Å²) < 4.78 is 12.6. The van der Waals surface area contributed by atoms with Crippen molar-refractivity contribution in [3.05, 3.63) is 78.5 Å². The molecule has 0 aliphatic carbocycles. The van der Waals surface area contributed by atoms with Crippen molar-refractivity contribution in [1.29, 1.82) is 0 Å². The van der Waals surface area contributed by atoms with Gasteiger partial charge in [0.15, 0.2) is 5.69 Å². The second kappa shape index (κ2) is 8.93. The number of rotatable bonds is 7. The number of aromatic nitrogens is 3. The van der Waals surface area contributed by atoms with Crippen LogP contribution >= 0.6 is 11.8 Å². The lowest BCUT2D eigenvalue weighted by atomic mass is 10.2. The summed E-state index contributed by atoms with van der Waals surface area (Å²) in [5.74, 6) is 0.300. The number of nitrogens with zero attached hydrogens (tertiary/aromatic N) is 3. The number of carboxylic acid groups (broad SMARTS) is 1. The lowest BCUT2D eigenvalue weighted by Crippen LogP contribution is -2.01. The minimum atomic E-state index is -0.944. The molecule has 8 heteroatoms. The van der Waals surface area contributed by atoms with Crippen molar-refractivity contribution in [3.63, 3.8) is 0 Å². The van der Waals surface area contributed by atoms with Crippen LogP contribution in [0.2, 0.25) is 0 Å². The minimum Gasteiger partial charge on any atom is -0.494 e. The smallest absolute Gasteiger partial charge is 0.335 e. The van der Waals surface area contributed by atoms with Crippen LogP contribution in [0.15, 0.2) is 82.7 Å². The molecule has 0 aliphatic heterocycles. The summed E-state index contributed by atoms with van der Waals surface area (Å²) in [5, 5.41) is 17.7. The quantitative estimate of drug-likeness (QED) is 0.448. The van der Waals surface area contributed by atoms with Gasteiger partial charge in [-0.05, 0) is 42.5 Å². The van der Waals surface area contributed by atoms with Gasteiger partial charge in [0.25, 0.3) is 0 Å². The van der Waals surface area contributed by atoms with Gasteiger partial charge in [-0.25, -0.2) is 9.48 Å². The summed E-state index contributed by atoms with van der Waals surface area (Å²) in [6, 6.07) is 20.2. The molecule has 0 aliphatic rings. The summed E-state index contributed by atoms with van der Waals surface area (Å²) in [6.45, 7) is 0. The van der Waals surface area contributed by atoms with E-state index in [2.05, 4.69) is 10.3 Å². The maximum absolute atomic E-state index is 11.1. The minimum absolute atomic E-state index is 0.256. The molecule has 1 N–H and O–H groups in total. The Morgan fingerprint density at radius 1 is 0.935 bits per heavy atom. The van der Waals surface area contributed by atoms with Crippen molar-refractivity contribution in [2.24, 2.45) is 0 Å². The monoisotopic (exact) mass is 433 g/mol. The Bertz CT molecular complexity index is 1200. The first-order valence-corrected chi connectivity index (χ1v) is 10.2. The number of aromatic carboxylic acids is 1. The third-order valence-corrected chi connectivity index (χ3v) is 5.70. The van der Waals surface area contributed by atoms with Crippen molar-refractivity contribution >= 4 is 17.7 Å². The van der Waals surface area contributed by atoms with Crippen LogP contribution in [-0.4, -0.2) is 40.3 Å². The predicted molar refractivity (Wildman–Crippen MR) is 117 cm³/mol. The van der Waals surface area contributed by atoms with Gasteiger partial charge in [0.05, 0.1) is 26.0 Å². The van der Waals surface area contributed by atoms with E-state index in [9.17, 15) is 4.79 Å². The third kappa shape index (κ3) is 4.24. The molecule has 0 unspecified atom stereocenters. The highest BCUT2D eigenvalue weighted by molar-refractivity contribution is 7.99. The number of methoxy groups -OCH3 is 2. The molecule has 0 bridgehead atoms. The SMILES string of the molecule is COc1cccc(OC)c1-n1cc(-c2ccccc2Sc2ccc(C(=O)O)cc2)nn1. The number of benzene rings is 3. The van der Waals surface area contributed by atoms with Crippen LogP contribution in [0.5, 0.6) is 11.5 Å². The van der Waals surface area contributed by atoms with Gasteiger partial charge in [-0.15, -0.1) is 5.10 Å². The number of carbonyl (C=O) groups is 1. The van der Waals surface area contributed by atoms with Gasteiger partial charge in [0.2, 0.25) is 0 Å². The maximum atomic E-state index is 11.1. The summed E-state index contributed by atoms with van der Waals surface area (Å²) in [6.07, 6.45) is 1.83. The van der Waals surface area contributed by atoms with E-state index >= 15 is 0 Å². The predicted octanol–water partition coefficient (Wildman–Crippen LogP) is 4.80. The molecule has 0 fully saturated rings. The largest absolute Gasteiger partial charge is 0.494 e. The molecule has 0 amide bonds. The van der Waals surface area contributed by atoms with E-state index in [0.29, 0.717) is 22.9 Å². The number of hydrogen-bond donors (Lipinski definition) is 1. The molecule has 0 saturated carbocycles. The first-order chi connectivity index (χ1) is 15.1. The van der Waals surface area contributed by atoms with Gasteiger partial charge < -0.3 is 14.6 Å². The van der Waals surface area contributed by atoms with Crippen LogP contribution in [0, 0.1) is 0 Å². The Hall–Kier alpha value is -3.78. The van der Waals surface area contributed by atoms with Crippen LogP contribution in [0.25, 0.3) is 16.9 Å². The van der Waals surface area contributed by atoms with Gasteiger partial charge in [-0.3, -0.25) is 0 Å². The molecule has 0 spiro atoms. The molecule has 0 atom stereocenters. The first kappa shape index (κ1) is 20.5. The maximum Gasteiger partial charge on any atom is 0.335 e.